The van der Waals surface area contributed by atoms with E-state index in [1.54, 1.807) is 12.1 Å². The number of nitrogens with one attached hydrogen (secondary N) is 2. The number of aromatic amines is 2. The number of ether oxygens (including phenoxy) is 1. The Morgan fingerprint density at radius 1 is 1.07 bits per heavy atom. The van der Waals surface area contributed by atoms with E-state index >= 15 is 0 Å². The first-order valence-corrected chi connectivity index (χ1v) is 9.31. The molecule has 2 heterocycles. The van der Waals surface area contributed by atoms with Crippen molar-refractivity contribution < 1.29 is 30.5 Å². The first kappa shape index (κ1) is 19.6. The summed E-state index contributed by atoms with van der Waals surface area (Å²) in [7, 11) is -5.81. The SMILES string of the molecule is C=c1ccc(=Cc2[nH]c(OS(=O)(=O)C(F)(F)F)cc2OCc2ccccc2)[nH]1. The van der Waals surface area contributed by atoms with E-state index in [0.29, 0.717) is 10.7 Å². The zero-order valence-corrected chi connectivity index (χ0v) is 15.1. The third kappa shape index (κ3) is 4.58. The second-order valence-corrected chi connectivity index (χ2v) is 7.29. The average Bonchev–Trinajstić information content (AvgIpc) is 3.18. The molecule has 0 aliphatic heterocycles. The molecule has 0 aliphatic rings. The largest absolute Gasteiger partial charge is 0.534 e. The lowest BCUT2D eigenvalue weighted by molar-refractivity contribution is -0.0501. The van der Waals surface area contributed by atoms with Gasteiger partial charge in [-0.05, 0) is 23.8 Å². The normalized spacial score (nSPS) is 12.9. The Bertz CT molecular complexity index is 1170. The maximum absolute atomic E-state index is 12.6. The van der Waals surface area contributed by atoms with Crippen molar-refractivity contribution in [2.75, 3.05) is 0 Å². The van der Waals surface area contributed by atoms with Gasteiger partial charge in [-0.25, -0.2) is 0 Å². The van der Waals surface area contributed by atoms with Crippen LogP contribution >= 0.6 is 0 Å². The number of hydrogen-bond acceptors (Lipinski definition) is 4. The highest BCUT2D eigenvalue weighted by Crippen LogP contribution is 2.31. The summed E-state index contributed by atoms with van der Waals surface area (Å²) in [6.45, 7) is 3.84. The number of H-pyrrole nitrogens is 2. The van der Waals surface area contributed by atoms with Gasteiger partial charge in [0.05, 0.1) is 5.69 Å². The lowest BCUT2D eigenvalue weighted by Crippen LogP contribution is -2.28. The van der Waals surface area contributed by atoms with E-state index in [1.165, 1.54) is 6.08 Å². The maximum Gasteiger partial charge on any atom is 0.534 e. The van der Waals surface area contributed by atoms with Crippen LogP contribution in [0.1, 0.15) is 11.3 Å². The Labute approximate surface area is 158 Å². The molecule has 148 valence electrons. The summed E-state index contributed by atoms with van der Waals surface area (Å²) in [6, 6.07) is 13.5. The van der Waals surface area contributed by atoms with Gasteiger partial charge in [0.1, 0.15) is 12.4 Å². The van der Waals surface area contributed by atoms with Gasteiger partial charge in [-0.15, -0.1) is 0 Å². The van der Waals surface area contributed by atoms with Crippen LogP contribution in [0, 0.1) is 0 Å². The molecule has 0 radical (unpaired) electrons. The molecule has 28 heavy (non-hydrogen) atoms. The Hall–Kier alpha value is -3.14. The lowest BCUT2D eigenvalue weighted by Gasteiger charge is -2.07. The van der Waals surface area contributed by atoms with Crippen molar-refractivity contribution in [3.63, 3.8) is 0 Å². The van der Waals surface area contributed by atoms with E-state index in [1.807, 2.05) is 30.3 Å². The molecule has 0 atom stereocenters. The van der Waals surface area contributed by atoms with Crippen molar-refractivity contribution in [1.29, 1.82) is 0 Å². The van der Waals surface area contributed by atoms with Crippen LogP contribution in [-0.2, 0) is 16.7 Å². The number of hydrogen-bond donors (Lipinski definition) is 2. The van der Waals surface area contributed by atoms with Crippen LogP contribution in [0.4, 0.5) is 13.2 Å². The summed E-state index contributed by atoms with van der Waals surface area (Å²) in [6.07, 6.45) is 1.53. The van der Waals surface area contributed by atoms with Crippen molar-refractivity contribution in [2.45, 2.75) is 12.1 Å². The molecule has 0 amide bonds. The summed E-state index contributed by atoms with van der Waals surface area (Å²) >= 11 is 0. The van der Waals surface area contributed by atoms with Crippen molar-refractivity contribution in [3.05, 3.63) is 70.5 Å². The van der Waals surface area contributed by atoms with Gasteiger partial charge in [-0.3, -0.25) is 0 Å². The van der Waals surface area contributed by atoms with Crippen LogP contribution in [-0.4, -0.2) is 23.9 Å². The van der Waals surface area contributed by atoms with Crippen LogP contribution in [0.3, 0.4) is 0 Å². The molecule has 0 saturated heterocycles. The van der Waals surface area contributed by atoms with Gasteiger partial charge in [0.2, 0.25) is 5.88 Å². The fourth-order valence-corrected chi connectivity index (χ4v) is 2.72. The predicted molar refractivity (Wildman–Crippen MR) is 96.3 cm³/mol. The minimum Gasteiger partial charge on any atom is -0.487 e. The molecule has 3 rings (SSSR count). The van der Waals surface area contributed by atoms with Crippen molar-refractivity contribution >= 4 is 22.8 Å². The third-order valence-electron chi connectivity index (χ3n) is 3.57. The monoisotopic (exact) mass is 412 g/mol. The summed E-state index contributed by atoms with van der Waals surface area (Å²) in [5.41, 5.74) is -4.50. The van der Waals surface area contributed by atoms with Crippen molar-refractivity contribution in [1.82, 2.24) is 9.97 Å². The molecule has 0 bridgehead atoms. The molecule has 0 saturated carbocycles. The molecule has 6 nitrogen and oxygen atoms in total. The van der Waals surface area contributed by atoms with Crippen LogP contribution in [0.15, 0.2) is 48.5 Å². The first-order chi connectivity index (χ1) is 13.1. The zero-order valence-electron chi connectivity index (χ0n) is 14.3. The maximum atomic E-state index is 12.6. The quantitative estimate of drug-likeness (QED) is 0.481. The van der Waals surface area contributed by atoms with Gasteiger partial charge in [0, 0.05) is 16.8 Å². The van der Waals surface area contributed by atoms with Crippen LogP contribution < -0.4 is 19.6 Å². The molecular weight excluding hydrogens is 397 g/mol. The molecule has 3 aromatic rings. The lowest BCUT2D eigenvalue weighted by atomic mass is 10.2. The van der Waals surface area contributed by atoms with Crippen LogP contribution in [0.5, 0.6) is 11.6 Å². The fourth-order valence-electron chi connectivity index (χ4n) is 2.30. The minimum absolute atomic E-state index is 0.121. The van der Waals surface area contributed by atoms with E-state index in [-0.39, 0.29) is 18.1 Å². The number of benzene rings is 1. The smallest absolute Gasteiger partial charge is 0.487 e. The van der Waals surface area contributed by atoms with E-state index < -0.39 is 21.5 Å². The van der Waals surface area contributed by atoms with Crippen molar-refractivity contribution in [3.8, 4) is 11.6 Å². The van der Waals surface area contributed by atoms with Gasteiger partial charge in [0.15, 0.2) is 0 Å². The zero-order chi connectivity index (χ0) is 20.4. The number of alkyl halides is 3. The Kier molecular flexibility index (Phi) is 5.23. The molecular formula is C18H15F3N2O4S. The number of halogens is 3. The molecule has 0 aliphatic carbocycles. The summed E-state index contributed by atoms with van der Waals surface area (Å²) in [5.74, 6) is -0.496. The third-order valence-corrected chi connectivity index (χ3v) is 4.54. The second kappa shape index (κ2) is 7.47. The van der Waals surface area contributed by atoms with Gasteiger partial charge in [-0.2, -0.15) is 21.6 Å². The topological polar surface area (TPSA) is 84.2 Å². The Morgan fingerprint density at radius 3 is 2.39 bits per heavy atom. The standard InChI is InChI=1S/C18H15F3N2O4S/c1-12-7-8-14(22-12)9-15-16(26-11-13-5-3-2-4-6-13)10-17(23-15)27-28(24,25)18(19,20)21/h2-10,22-23H,1,11H2. The first-order valence-electron chi connectivity index (χ1n) is 7.90. The number of aromatic nitrogens is 2. The summed E-state index contributed by atoms with van der Waals surface area (Å²) < 4.78 is 70.0. The molecule has 2 N–H and O–H groups in total. The van der Waals surface area contributed by atoms with Crippen LogP contribution in [0.25, 0.3) is 12.7 Å². The van der Waals surface area contributed by atoms with Gasteiger partial charge >= 0.3 is 15.6 Å². The van der Waals surface area contributed by atoms with E-state index in [4.69, 9.17) is 4.74 Å². The van der Waals surface area contributed by atoms with Crippen molar-refractivity contribution in [2.24, 2.45) is 0 Å². The second-order valence-electron chi connectivity index (χ2n) is 5.75. The average molecular weight is 412 g/mol. The van der Waals surface area contributed by atoms with Gasteiger partial charge < -0.3 is 18.9 Å². The Balaban J connectivity index is 1.94. The highest BCUT2D eigenvalue weighted by molar-refractivity contribution is 7.87. The molecule has 0 unspecified atom stereocenters. The highest BCUT2D eigenvalue weighted by Gasteiger charge is 2.48. The van der Waals surface area contributed by atoms with E-state index in [9.17, 15) is 21.6 Å². The molecule has 0 spiro atoms. The van der Waals surface area contributed by atoms with E-state index in [0.717, 1.165) is 11.6 Å². The number of rotatable bonds is 6. The van der Waals surface area contributed by atoms with Crippen LogP contribution in [0.2, 0.25) is 0 Å². The molecule has 0 fully saturated rings. The molecule has 1 aromatic carbocycles. The van der Waals surface area contributed by atoms with E-state index in [2.05, 4.69) is 20.7 Å². The van der Waals surface area contributed by atoms with Gasteiger partial charge in [0.25, 0.3) is 0 Å². The highest BCUT2D eigenvalue weighted by atomic mass is 32.2. The summed E-state index contributed by atoms with van der Waals surface area (Å²) in [5, 5.41) is 1.21. The molecule has 2 aromatic heterocycles. The fraction of sp³-hybridized carbons (Fsp3) is 0.111. The van der Waals surface area contributed by atoms with Gasteiger partial charge in [-0.1, -0.05) is 36.9 Å². The predicted octanol–water partition coefficient (Wildman–Crippen LogP) is 2.39. The minimum atomic E-state index is -5.81. The molecule has 10 heteroatoms. The summed E-state index contributed by atoms with van der Waals surface area (Å²) in [4.78, 5) is 5.41. The Morgan fingerprint density at radius 2 is 1.79 bits per heavy atom.